The number of ether oxygens (including phenoxy) is 1. The van der Waals surface area contributed by atoms with Crippen LogP contribution in [-0.2, 0) is 4.79 Å². The van der Waals surface area contributed by atoms with E-state index in [0.717, 1.165) is 11.3 Å². The van der Waals surface area contributed by atoms with Gasteiger partial charge in [-0.3, -0.25) is 4.79 Å². The fourth-order valence-corrected chi connectivity index (χ4v) is 2.86. The molecule has 1 aliphatic heterocycles. The first-order valence-electron chi connectivity index (χ1n) is 7.52. The molecule has 2 aromatic carbocycles. The SMILES string of the molecule is CC(NC(=O)C1COc2ccccc21)C(O)c1ccc(Cl)cc1. The minimum atomic E-state index is -0.797. The van der Waals surface area contributed by atoms with Crippen LogP contribution in [-0.4, -0.2) is 23.7 Å². The van der Waals surface area contributed by atoms with E-state index < -0.39 is 12.1 Å². The van der Waals surface area contributed by atoms with Crippen LogP contribution >= 0.6 is 11.6 Å². The van der Waals surface area contributed by atoms with Crippen LogP contribution in [0.1, 0.15) is 30.1 Å². The Kier molecular flexibility index (Phi) is 4.55. The lowest BCUT2D eigenvalue weighted by molar-refractivity contribution is -0.124. The number of carbonyl (C=O) groups excluding carboxylic acids is 1. The molecule has 23 heavy (non-hydrogen) atoms. The quantitative estimate of drug-likeness (QED) is 0.905. The van der Waals surface area contributed by atoms with Gasteiger partial charge in [-0.05, 0) is 30.7 Å². The lowest BCUT2D eigenvalue weighted by Crippen LogP contribution is -2.40. The Bertz CT molecular complexity index is 702. The van der Waals surface area contributed by atoms with Gasteiger partial charge in [-0.2, -0.15) is 0 Å². The van der Waals surface area contributed by atoms with Crippen LogP contribution in [0.5, 0.6) is 5.75 Å². The van der Waals surface area contributed by atoms with Gasteiger partial charge in [0.1, 0.15) is 18.3 Å². The van der Waals surface area contributed by atoms with E-state index in [2.05, 4.69) is 5.32 Å². The van der Waals surface area contributed by atoms with Crippen molar-refractivity contribution in [1.82, 2.24) is 5.32 Å². The maximum atomic E-state index is 12.5. The monoisotopic (exact) mass is 331 g/mol. The minimum Gasteiger partial charge on any atom is -0.492 e. The molecule has 3 rings (SSSR count). The summed E-state index contributed by atoms with van der Waals surface area (Å²) in [6, 6.07) is 14.0. The molecule has 120 valence electrons. The number of aliphatic hydroxyl groups excluding tert-OH is 1. The van der Waals surface area contributed by atoms with Crippen LogP contribution in [0.15, 0.2) is 48.5 Å². The summed E-state index contributed by atoms with van der Waals surface area (Å²) in [6.45, 7) is 2.10. The predicted octanol–water partition coefficient (Wildman–Crippen LogP) is 3.05. The molecule has 5 heteroatoms. The average molecular weight is 332 g/mol. The minimum absolute atomic E-state index is 0.143. The molecule has 1 amide bonds. The molecular weight excluding hydrogens is 314 g/mol. The number of hydrogen-bond donors (Lipinski definition) is 2. The van der Waals surface area contributed by atoms with Crippen LogP contribution in [0.25, 0.3) is 0 Å². The molecule has 1 aliphatic rings. The first-order chi connectivity index (χ1) is 11.1. The van der Waals surface area contributed by atoms with Crippen molar-refractivity contribution in [3.05, 3.63) is 64.7 Å². The van der Waals surface area contributed by atoms with E-state index in [0.29, 0.717) is 17.2 Å². The number of nitrogens with one attached hydrogen (secondary N) is 1. The molecule has 0 saturated carbocycles. The third kappa shape index (κ3) is 3.33. The zero-order valence-electron chi connectivity index (χ0n) is 12.7. The topological polar surface area (TPSA) is 58.6 Å². The van der Waals surface area contributed by atoms with E-state index in [1.165, 1.54) is 0 Å². The van der Waals surface area contributed by atoms with Gasteiger partial charge in [-0.25, -0.2) is 0 Å². The number of rotatable bonds is 4. The van der Waals surface area contributed by atoms with Crippen LogP contribution in [0.2, 0.25) is 5.02 Å². The van der Waals surface area contributed by atoms with Crippen molar-refractivity contribution in [1.29, 1.82) is 0 Å². The molecule has 0 aliphatic carbocycles. The zero-order valence-corrected chi connectivity index (χ0v) is 13.5. The van der Waals surface area contributed by atoms with Crippen molar-refractivity contribution in [3.63, 3.8) is 0 Å². The van der Waals surface area contributed by atoms with Crippen LogP contribution < -0.4 is 10.1 Å². The molecule has 0 fully saturated rings. The van der Waals surface area contributed by atoms with E-state index in [1.807, 2.05) is 24.3 Å². The Morgan fingerprint density at radius 3 is 2.70 bits per heavy atom. The van der Waals surface area contributed by atoms with Crippen LogP contribution in [0.3, 0.4) is 0 Å². The van der Waals surface area contributed by atoms with Crippen molar-refractivity contribution >= 4 is 17.5 Å². The Hall–Kier alpha value is -2.04. The number of benzene rings is 2. The molecule has 1 heterocycles. The van der Waals surface area contributed by atoms with Gasteiger partial charge in [0.25, 0.3) is 0 Å². The largest absolute Gasteiger partial charge is 0.492 e. The number of amides is 1. The Morgan fingerprint density at radius 1 is 1.26 bits per heavy atom. The summed E-state index contributed by atoms with van der Waals surface area (Å²) in [5.74, 6) is 0.264. The second kappa shape index (κ2) is 6.60. The Labute approximate surface area is 140 Å². The summed E-state index contributed by atoms with van der Waals surface area (Å²) in [5, 5.41) is 13.9. The van der Waals surface area contributed by atoms with E-state index in [9.17, 15) is 9.90 Å². The second-order valence-corrected chi connectivity index (χ2v) is 6.13. The third-order valence-corrected chi connectivity index (χ3v) is 4.32. The van der Waals surface area contributed by atoms with Gasteiger partial charge in [-0.1, -0.05) is 41.9 Å². The average Bonchev–Trinajstić information content (AvgIpc) is 2.99. The fraction of sp³-hybridized carbons (Fsp3) is 0.278. The number of fused-ring (bicyclic) bond motifs is 1. The van der Waals surface area contributed by atoms with E-state index >= 15 is 0 Å². The maximum absolute atomic E-state index is 12.5. The number of hydrogen-bond acceptors (Lipinski definition) is 3. The van der Waals surface area contributed by atoms with Crippen molar-refractivity contribution < 1.29 is 14.6 Å². The molecule has 2 aromatic rings. The summed E-state index contributed by atoms with van der Waals surface area (Å²) in [4.78, 5) is 12.5. The van der Waals surface area contributed by atoms with E-state index in [-0.39, 0.29) is 11.8 Å². The van der Waals surface area contributed by atoms with Crippen LogP contribution in [0, 0.1) is 0 Å². The molecular formula is C18H18ClNO3. The highest BCUT2D eigenvalue weighted by atomic mass is 35.5. The molecule has 2 N–H and O–H groups in total. The van der Waals surface area contributed by atoms with Gasteiger partial charge >= 0.3 is 0 Å². The summed E-state index contributed by atoms with van der Waals surface area (Å²) < 4.78 is 5.53. The smallest absolute Gasteiger partial charge is 0.231 e. The van der Waals surface area contributed by atoms with Crippen molar-refractivity contribution in [3.8, 4) is 5.75 Å². The van der Waals surface area contributed by atoms with Gasteiger partial charge in [0.05, 0.1) is 12.1 Å². The summed E-state index contributed by atoms with van der Waals surface area (Å²) >= 11 is 5.85. The molecule has 0 spiro atoms. The fourth-order valence-electron chi connectivity index (χ4n) is 2.73. The number of carbonyl (C=O) groups is 1. The molecule has 0 aromatic heterocycles. The highest BCUT2D eigenvalue weighted by molar-refractivity contribution is 6.30. The lowest BCUT2D eigenvalue weighted by atomic mass is 9.98. The van der Waals surface area contributed by atoms with Gasteiger partial charge in [0, 0.05) is 10.6 Å². The number of halogens is 1. The summed E-state index contributed by atoms with van der Waals surface area (Å²) in [5.41, 5.74) is 1.60. The molecule has 0 saturated heterocycles. The third-order valence-electron chi connectivity index (χ3n) is 4.07. The molecule has 3 atom stereocenters. The summed E-state index contributed by atoms with van der Waals surface area (Å²) in [7, 11) is 0. The Balaban J connectivity index is 1.67. The van der Waals surface area contributed by atoms with Gasteiger partial charge in [0.15, 0.2) is 0 Å². The predicted molar refractivity (Wildman–Crippen MR) is 88.7 cm³/mol. The molecule has 4 nitrogen and oxygen atoms in total. The molecule has 0 bridgehead atoms. The van der Waals surface area contributed by atoms with Gasteiger partial charge in [-0.15, -0.1) is 0 Å². The standard InChI is InChI=1S/C18H18ClNO3/c1-11(17(21)12-6-8-13(19)9-7-12)20-18(22)15-10-23-16-5-3-2-4-14(15)16/h2-9,11,15,17,21H,10H2,1H3,(H,20,22). The van der Waals surface area contributed by atoms with E-state index in [4.69, 9.17) is 16.3 Å². The van der Waals surface area contributed by atoms with Gasteiger partial charge in [0.2, 0.25) is 5.91 Å². The van der Waals surface area contributed by atoms with Crippen molar-refractivity contribution in [2.45, 2.75) is 25.0 Å². The van der Waals surface area contributed by atoms with Crippen molar-refractivity contribution in [2.75, 3.05) is 6.61 Å². The number of para-hydroxylation sites is 1. The first-order valence-corrected chi connectivity index (χ1v) is 7.89. The van der Waals surface area contributed by atoms with E-state index in [1.54, 1.807) is 31.2 Å². The Morgan fingerprint density at radius 2 is 1.96 bits per heavy atom. The maximum Gasteiger partial charge on any atom is 0.231 e. The first kappa shape index (κ1) is 15.8. The number of aliphatic hydroxyl groups is 1. The highest BCUT2D eigenvalue weighted by Crippen LogP contribution is 2.33. The zero-order chi connectivity index (χ0) is 16.4. The van der Waals surface area contributed by atoms with Crippen molar-refractivity contribution in [2.24, 2.45) is 0 Å². The molecule has 3 unspecified atom stereocenters. The molecule has 0 radical (unpaired) electrons. The highest BCUT2D eigenvalue weighted by Gasteiger charge is 2.31. The normalized spacial score (nSPS) is 18.7. The second-order valence-electron chi connectivity index (χ2n) is 5.70. The van der Waals surface area contributed by atoms with Crippen LogP contribution in [0.4, 0.5) is 0 Å². The summed E-state index contributed by atoms with van der Waals surface area (Å²) in [6.07, 6.45) is -0.797. The van der Waals surface area contributed by atoms with Gasteiger partial charge < -0.3 is 15.2 Å². The lowest BCUT2D eigenvalue weighted by Gasteiger charge is -2.22.